The van der Waals surface area contributed by atoms with Crippen LogP contribution in [0.3, 0.4) is 0 Å². The minimum Gasteiger partial charge on any atom is -0.391 e. The topological polar surface area (TPSA) is 64.6 Å². The summed E-state index contributed by atoms with van der Waals surface area (Å²) in [6, 6.07) is 14.0. The summed E-state index contributed by atoms with van der Waals surface area (Å²) in [5, 5.41) is 15.2. The van der Waals surface area contributed by atoms with Crippen molar-refractivity contribution >= 4 is 11.7 Å². The van der Waals surface area contributed by atoms with Crippen molar-refractivity contribution in [3.8, 4) is 0 Å². The quantitative estimate of drug-likeness (QED) is 0.721. The number of aliphatic hydroxyl groups excluding tert-OH is 1. The van der Waals surface area contributed by atoms with Gasteiger partial charge in [-0.15, -0.1) is 0 Å². The van der Waals surface area contributed by atoms with Crippen molar-refractivity contribution in [2.75, 3.05) is 25.5 Å². The first kappa shape index (κ1) is 18.7. The van der Waals surface area contributed by atoms with Crippen molar-refractivity contribution < 1.29 is 14.3 Å². The zero-order chi connectivity index (χ0) is 18.2. The average Bonchev–Trinajstić information content (AvgIpc) is 2.58. The van der Waals surface area contributed by atoms with Crippen LogP contribution in [0.15, 0.2) is 48.5 Å². The molecule has 0 bridgehead atoms. The minimum atomic E-state index is -0.662. The van der Waals surface area contributed by atoms with E-state index in [1.54, 1.807) is 31.1 Å². The summed E-state index contributed by atoms with van der Waals surface area (Å²) in [5.74, 6) is -0.331. The van der Waals surface area contributed by atoms with Crippen LogP contribution in [0.4, 0.5) is 14.9 Å². The van der Waals surface area contributed by atoms with E-state index < -0.39 is 12.1 Å². The molecule has 6 heteroatoms. The summed E-state index contributed by atoms with van der Waals surface area (Å²) in [5.41, 5.74) is 2.17. The Morgan fingerprint density at radius 3 is 2.48 bits per heavy atom. The standard InChI is InChI=1S/C19H24FN3O2/c1-23(2)18-9-8-15(11-17(18)20)12-21-19(25)22-13-16(24)10-14-6-4-3-5-7-14/h3-9,11,16,24H,10,12-13H2,1-2H3,(H2,21,22,25). The lowest BCUT2D eigenvalue weighted by Crippen LogP contribution is -2.40. The lowest BCUT2D eigenvalue weighted by atomic mass is 10.1. The highest BCUT2D eigenvalue weighted by atomic mass is 19.1. The van der Waals surface area contributed by atoms with Crippen LogP contribution in [0, 0.1) is 5.82 Å². The highest BCUT2D eigenvalue weighted by molar-refractivity contribution is 5.73. The third-order valence-corrected chi connectivity index (χ3v) is 3.76. The monoisotopic (exact) mass is 345 g/mol. The molecule has 0 aromatic heterocycles. The molecule has 3 N–H and O–H groups in total. The van der Waals surface area contributed by atoms with Crippen molar-refractivity contribution in [1.29, 1.82) is 0 Å². The molecule has 134 valence electrons. The van der Waals surface area contributed by atoms with Crippen LogP contribution >= 0.6 is 0 Å². The number of hydrogen-bond acceptors (Lipinski definition) is 3. The van der Waals surface area contributed by atoms with E-state index in [-0.39, 0.29) is 18.9 Å². The average molecular weight is 345 g/mol. The third kappa shape index (κ3) is 6.08. The Kier molecular flexibility index (Phi) is 6.77. The largest absolute Gasteiger partial charge is 0.391 e. The second-order valence-electron chi connectivity index (χ2n) is 6.09. The normalized spacial score (nSPS) is 11.7. The molecule has 0 aliphatic rings. The molecule has 0 aliphatic heterocycles. The maximum atomic E-state index is 13.9. The van der Waals surface area contributed by atoms with E-state index in [9.17, 15) is 14.3 Å². The number of carbonyl (C=O) groups excluding carboxylic acids is 1. The molecule has 2 aromatic carbocycles. The molecule has 2 amide bonds. The Morgan fingerprint density at radius 1 is 1.12 bits per heavy atom. The summed E-state index contributed by atoms with van der Waals surface area (Å²) in [6.45, 7) is 0.361. The zero-order valence-electron chi connectivity index (χ0n) is 14.5. The van der Waals surface area contributed by atoms with E-state index in [0.717, 1.165) is 5.56 Å². The molecule has 0 heterocycles. The maximum absolute atomic E-state index is 13.9. The number of nitrogens with zero attached hydrogens (tertiary/aromatic N) is 1. The van der Waals surface area contributed by atoms with Crippen molar-refractivity contribution in [3.05, 3.63) is 65.5 Å². The van der Waals surface area contributed by atoms with Crippen LogP contribution in [-0.2, 0) is 13.0 Å². The second-order valence-corrected chi connectivity index (χ2v) is 6.09. The van der Waals surface area contributed by atoms with Gasteiger partial charge in [-0.2, -0.15) is 0 Å². The molecular weight excluding hydrogens is 321 g/mol. The Morgan fingerprint density at radius 2 is 1.84 bits per heavy atom. The number of urea groups is 1. The number of aliphatic hydroxyl groups is 1. The molecule has 1 unspecified atom stereocenters. The highest BCUT2D eigenvalue weighted by Crippen LogP contribution is 2.18. The van der Waals surface area contributed by atoms with Crippen molar-refractivity contribution in [2.24, 2.45) is 0 Å². The van der Waals surface area contributed by atoms with Gasteiger partial charge in [0.1, 0.15) is 5.82 Å². The van der Waals surface area contributed by atoms with Gasteiger partial charge in [0.25, 0.3) is 0 Å². The van der Waals surface area contributed by atoms with Crippen LogP contribution in [0.25, 0.3) is 0 Å². The van der Waals surface area contributed by atoms with Gasteiger partial charge in [-0.3, -0.25) is 0 Å². The highest BCUT2D eigenvalue weighted by Gasteiger charge is 2.09. The Balaban J connectivity index is 1.74. The fraction of sp³-hybridized carbons (Fsp3) is 0.316. The van der Waals surface area contributed by atoms with Gasteiger partial charge in [0, 0.05) is 33.6 Å². The molecule has 2 rings (SSSR count). The van der Waals surface area contributed by atoms with E-state index in [1.165, 1.54) is 6.07 Å². The van der Waals surface area contributed by atoms with E-state index >= 15 is 0 Å². The van der Waals surface area contributed by atoms with Crippen molar-refractivity contribution in [3.63, 3.8) is 0 Å². The second kappa shape index (κ2) is 9.03. The molecule has 1 atom stereocenters. The van der Waals surface area contributed by atoms with Gasteiger partial charge in [0.15, 0.2) is 0 Å². The van der Waals surface area contributed by atoms with E-state index in [0.29, 0.717) is 17.7 Å². The minimum absolute atomic E-state index is 0.147. The summed E-state index contributed by atoms with van der Waals surface area (Å²) in [4.78, 5) is 13.5. The van der Waals surface area contributed by atoms with Crippen LogP contribution in [0.2, 0.25) is 0 Å². The fourth-order valence-corrected chi connectivity index (χ4v) is 2.44. The predicted octanol–water partition coefficient (Wildman–Crippen LogP) is 2.29. The summed E-state index contributed by atoms with van der Waals surface area (Å²) >= 11 is 0. The van der Waals surface area contributed by atoms with Gasteiger partial charge >= 0.3 is 6.03 Å². The van der Waals surface area contributed by atoms with Crippen LogP contribution < -0.4 is 15.5 Å². The zero-order valence-corrected chi connectivity index (χ0v) is 14.5. The van der Waals surface area contributed by atoms with Gasteiger partial charge in [0.05, 0.1) is 11.8 Å². The maximum Gasteiger partial charge on any atom is 0.315 e. The molecule has 0 radical (unpaired) electrons. The first-order valence-corrected chi connectivity index (χ1v) is 8.15. The molecule has 0 spiro atoms. The summed E-state index contributed by atoms with van der Waals surface area (Å²) in [7, 11) is 3.54. The first-order valence-electron chi connectivity index (χ1n) is 8.15. The lowest BCUT2D eigenvalue weighted by molar-refractivity contribution is 0.170. The van der Waals surface area contributed by atoms with Crippen molar-refractivity contribution in [2.45, 2.75) is 19.1 Å². The SMILES string of the molecule is CN(C)c1ccc(CNC(=O)NCC(O)Cc2ccccc2)cc1F. The summed E-state index contributed by atoms with van der Waals surface area (Å²) in [6.07, 6.45) is -0.192. The Hall–Kier alpha value is -2.60. The van der Waals surface area contributed by atoms with E-state index in [2.05, 4.69) is 10.6 Å². The molecule has 0 saturated heterocycles. The van der Waals surface area contributed by atoms with E-state index in [4.69, 9.17) is 0 Å². The molecule has 2 aromatic rings. The Labute approximate surface area is 147 Å². The molecule has 0 saturated carbocycles. The van der Waals surface area contributed by atoms with Gasteiger partial charge in [-0.25, -0.2) is 9.18 Å². The molecule has 0 fully saturated rings. The number of hydrogen-bond donors (Lipinski definition) is 3. The summed E-state index contributed by atoms with van der Waals surface area (Å²) < 4.78 is 13.9. The number of anilines is 1. The third-order valence-electron chi connectivity index (χ3n) is 3.76. The molecule has 5 nitrogen and oxygen atoms in total. The van der Waals surface area contributed by atoms with Crippen molar-refractivity contribution in [1.82, 2.24) is 10.6 Å². The van der Waals surface area contributed by atoms with Crippen LogP contribution in [-0.4, -0.2) is 37.9 Å². The lowest BCUT2D eigenvalue weighted by Gasteiger charge is -2.15. The number of rotatable bonds is 7. The number of amides is 2. The van der Waals surface area contributed by atoms with E-state index in [1.807, 2.05) is 30.3 Å². The number of nitrogens with one attached hydrogen (secondary N) is 2. The number of halogens is 1. The van der Waals surface area contributed by atoms with Gasteiger partial charge in [0.2, 0.25) is 0 Å². The molecular formula is C19H24FN3O2. The van der Waals surface area contributed by atoms with Gasteiger partial charge in [-0.05, 0) is 23.3 Å². The van der Waals surface area contributed by atoms with Crippen LogP contribution in [0.1, 0.15) is 11.1 Å². The fourth-order valence-electron chi connectivity index (χ4n) is 2.44. The number of carbonyl (C=O) groups is 1. The van der Waals surface area contributed by atoms with Crippen LogP contribution in [0.5, 0.6) is 0 Å². The Bertz CT molecular complexity index is 692. The molecule has 25 heavy (non-hydrogen) atoms. The smallest absolute Gasteiger partial charge is 0.315 e. The first-order chi connectivity index (χ1) is 12.0. The number of benzene rings is 2. The molecule has 0 aliphatic carbocycles. The van der Waals surface area contributed by atoms with Gasteiger partial charge in [-0.1, -0.05) is 36.4 Å². The van der Waals surface area contributed by atoms with Gasteiger partial charge < -0.3 is 20.6 Å². The predicted molar refractivity (Wildman–Crippen MR) is 97.1 cm³/mol.